The van der Waals surface area contributed by atoms with Gasteiger partial charge in [-0.25, -0.2) is 0 Å². The lowest BCUT2D eigenvalue weighted by Crippen LogP contribution is -2.12. The van der Waals surface area contributed by atoms with Gasteiger partial charge in [-0.1, -0.05) is 26.0 Å². The van der Waals surface area contributed by atoms with E-state index < -0.39 is 0 Å². The summed E-state index contributed by atoms with van der Waals surface area (Å²) in [4.78, 5) is 8.70. The lowest BCUT2D eigenvalue weighted by atomic mass is 10.1. The maximum Gasteiger partial charge on any atom is 0.142 e. The van der Waals surface area contributed by atoms with E-state index in [1.165, 1.54) is 0 Å². The van der Waals surface area contributed by atoms with Crippen LogP contribution in [0.25, 0.3) is 0 Å². The van der Waals surface area contributed by atoms with Crippen molar-refractivity contribution in [3.05, 3.63) is 48.0 Å². The molecule has 112 valence electrons. The summed E-state index contributed by atoms with van der Waals surface area (Å²) >= 11 is 0. The highest BCUT2D eigenvalue weighted by Crippen LogP contribution is 2.28. The van der Waals surface area contributed by atoms with Crippen LogP contribution in [-0.2, 0) is 0 Å². The molecule has 1 heterocycles. The number of hydrogen-bond acceptors (Lipinski definition) is 4. The summed E-state index contributed by atoms with van der Waals surface area (Å²) in [6, 6.07) is 8.07. The number of nitrogens with zero attached hydrogens (tertiary/aromatic N) is 2. The Morgan fingerprint density at radius 2 is 1.81 bits per heavy atom. The van der Waals surface area contributed by atoms with Gasteiger partial charge in [-0.2, -0.15) is 0 Å². The molecule has 0 amide bonds. The van der Waals surface area contributed by atoms with Crippen molar-refractivity contribution in [2.45, 2.75) is 33.7 Å². The van der Waals surface area contributed by atoms with Crippen LogP contribution in [0.1, 0.15) is 38.2 Å². The van der Waals surface area contributed by atoms with Crippen LogP contribution in [0.5, 0.6) is 5.75 Å². The molecule has 0 fully saturated rings. The van der Waals surface area contributed by atoms with Gasteiger partial charge < -0.3 is 10.1 Å². The molecule has 0 radical (unpaired) electrons. The second-order valence-electron chi connectivity index (χ2n) is 5.59. The van der Waals surface area contributed by atoms with Gasteiger partial charge >= 0.3 is 0 Å². The molecule has 0 bridgehead atoms. The van der Waals surface area contributed by atoms with Crippen LogP contribution in [-0.4, -0.2) is 16.6 Å². The molecule has 1 aromatic heterocycles. The lowest BCUT2D eigenvalue weighted by molar-refractivity contribution is 0.272. The van der Waals surface area contributed by atoms with Crippen molar-refractivity contribution in [2.24, 2.45) is 5.92 Å². The minimum Gasteiger partial charge on any atom is -0.491 e. The van der Waals surface area contributed by atoms with Gasteiger partial charge in [0.05, 0.1) is 29.7 Å². The molecule has 1 aromatic carbocycles. The van der Waals surface area contributed by atoms with E-state index in [1.807, 2.05) is 31.2 Å². The van der Waals surface area contributed by atoms with Crippen LogP contribution >= 0.6 is 0 Å². The Hall–Kier alpha value is -2.10. The van der Waals surface area contributed by atoms with Crippen LogP contribution < -0.4 is 10.1 Å². The van der Waals surface area contributed by atoms with E-state index >= 15 is 0 Å². The normalized spacial score (nSPS) is 12.2. The predicted octanol–water partition coefficient (Wildman–Crippen LogP) is 3.99. The highest BCUT2D eigenvalue weighted by atomic mass is 16.5. The summed E-state index contributed by atoms with van der Waals surface area (Å²) in [5.41, 5.74) is 2.88. The van der Waals surface area contributed by atoms with Crippen LogP contribution in [0.2, 0.25) is 0 Å². The average Bonchev–Trinajstić information content (AvgIpc) is 2.46. The number of nitrogens with one attached hydrogen (secondary N) is 1. The summed E-state index contributed by atoms with van der Waals surface area (Å²) in [6.45, 7) is 9.04. The second kappa shape index (κ2) is 7.07. The standard InChI is InChI=1S/C17H23N3O/c1-12(2)11-21-16-8-6-5-7-15(16)20-14(4)17-13(3)18-9-10-19-17/h5-10,12,14,20H,11H2,1-4H3. The number of benzene rings is 1. The molecule has 2 aromatic rings. The van der Waals surface area contributed by atoms with E-state index in [1.54, 1.807) is 12.4 Å². The molecule has 21 heavy (non-hydrogen) atoms. The fourth-order valence-electron chi connectivity index (χ4n) is 2.11. The summed E-state index contributed by atoms with van der Waals surface area (Å²) in [5.74, 6) is 1.37. The van der Waals surface area contributed by atoms with Gasteiger partial charge in [-0.05, 0) is 31.9 Å². The molecule has 1 N–H and O–H groups in total. The van der Waals surface area contributed by atoms with Gasteiger partial charge in [0.15, 0.2) is 0 Å². The van der Waals surface area contributed by atoms with Crippen molar-refractivity contribution in [3.63, 3.8) is 0 Å². The third kappa shape index (κ3) is 4.18. The molecule has 4 nitrogen and oxygen atoms in total. The maximum absolute atomic E-state index is 5.87. The SMILES string of the molecule is Cc1nccnc1C(C)Nc1ccccc1OCC(C)C. The Morgan fingerprint density at radius 1 is 1.10 bits per heavy atom. The van der Waals surface area contributed by atoms with Gasteiger partial charge in [0.2, 0.25) is 0 Å². The van der Waals surface area contributed by atoms with Gasteiger partial charge in [-0.3, -0.25) is 9.97 Å². The first-order chi connectivity index (χ1) is 10.1. The third-order valence-corrected chi connectivity index (χ3v) is 3.16. The second-order valence-corrected chi connectivity index (χ2v) is 5.59. The molecular formula is C17H23N3O. The molecule has 0 aliphatic rings. The smallest absolute Gasteiger partial charge is 0.142 e. The van der Waals surface area contributed by atoms with Crippen molar-refractivity contribution < 1.29 is 4.74 Å². The van der Waals surface area contributed by atoms with E-state index in [-0.39, 0.29) is 6.04 Å². The zero-order valence-corrected chi connectivity index (χ0v) is 13.1. The maximum atomic E-state index is 5.87. The van der Waals surface area contributed by atoms with Crippen LogP contribution in [0, 0.1) is 12.8 Å². The Bertz CT molecular complexity index is 584. The molecule has 1 atom stereocenters. The van der Waals surface area contributed by atoms with Crippen molar-refractivity contribution in [2.75, 3.05) is 11.9 Å². The Labute approximate surface area is 126 Å². The van der Waals surface area contributed by atoms with Gasteiger partial charge in [-0.15, -0.1) is 0 Å². The van der Waals surface area contributed by atoms with Crippen molar-refractivity contribution in [1.82, 2.24) is 9.97 Å². The molecule has 0 aliphatic heterocycles. The van der Waals surface area contributed by atoms with E-state index in [0.717, 1.165) is 22.8 Å². The van der Waals surface area contributed by atoms with Gasteiger partial charge in [0.25, 0.3) is 0 Å². The predicted molar refractivity (Wildman–Crippen MR) is 85.6 cm³/mol. The molecule has 0 saturated heterocycles. The number of anilines is 1. The average molecular weight is 285 g/mol. The number of aryl methyl sites for hydroxylation is 1. The molecule has 1 unspecified atom stereocenters. The summed E-state index contributed by atoms with van der Waals surface area (Å²) in [5, 5.41) is 3.46. The van der Waals surface area contributed by atoms with Crippen molar-refractivity contribution >= 4 is 5.69 Å². The summed E-state index contributed by atoms with van der Waals surface area (Å²) in [6.07, 6.45) is 3.44. The number of para-hydroxylation sites is 2. The highest BCUT2D eigenvalue weighted by molar-refractivity contribution is 5.57. The zero-order valence-electron chi connectivity index (χ0n) is 13.1. The molecular weight excluding hydrogens is 262 g/mol. The van der Waals surface area contributed by atoms with Gasteiger partial charge in [0, 0.05) is 12.4 Å². The number of hydrogen-bond donors (Lipinski definition) is 1. The molecule has 0 saturated carbocycles. The van der Waals surface area contributed by atoms with Crippen molar-refractivity contribution in [3.8, 4) is 5.75 Å². The van der Waals surface area contributed by atoms with E-state index in [2.05, 4.69) is 36.1 Å². The lowest BCUT2D eigenvalue weighted by Gasteiger charge is -2.19. The minimum atomic E-state index is 0.0718. The minimum absolute atomic E-state index is 0.0718. The Morgan fingerprint density at radius 3 is 2.52 bits per heavy atom. The monoisotopic (exact) mass is 285 g/mol. The zero-order chi connectivity index (χ0) is 15.2. The number of ether oxygens (including phenoxy) is 1. The van der Waals surface area contributed by atoms with E-state index in [4.69, 9.17) is 4.74 Å². The van der Waals surface area contributed by atoms with Crippen molar-refractivity contribution in [1.29, 1.82) is 0 Å². The van der Waals surface area contributed by atoms with Crippen LogP contribution in [0.15, 0.2) is 36.7 Å². The largest absolute Gasteiger partial charge is 0.491 e. The highest BCUT2D eigenvalue weighted by Gasteiger charge is 2.12. The fraction of sp³-hybridized carbons (Fsp3) is 0.412. The molecule has 2 rings (SSSR count). The first kappa shape index (κ1) is 15.3. The van der Waals surface area contributed by atoms with Gasteiger partial charge in [0.1, 0.15) is 5.75 Å². The Balaban J connectivity index is 2.14. The number of aromatic nitrogens is 2. The van der Waals surface area contributed by atoms with Crippen LogP contribution in [0.3, 0.4) is 0 Å². The van der Waals surface area contributed by atoms with E-state index in [0.29, 0.717) is 12.5 Å². The molecule has 0 spiro atoms. The number of rotatable bonds is 6. The third-order valence-electron chi connectivity index (χ3n) is 3.16. The quantitative estimate of drug-likeness (QED) is 0.871. The molecule has 4 heteroatoms. The molecule has 0 aliphatic carbocycles. The Kier molecular flexibility index (Phi) is 5.14. The first-order valence-electron chi connectivity index (χ1n) is 7.33. The topological polar surface area (TPSA) is 47.0 Å². The summed E-state index contributed by atoms with van der Waals surface area (Å²) in [7, 11) is 0. The summed E-state index contributed by atoms with van der Waals surface area (Å²) < 4.78 is 5.87. The fourth-order valence-corrected chi connectivity index (χ4v) is 2.11. The first-order valence-corrected chi connectivity index (χ1v) is 7.33. The van der Waals surface area contributed by atoms with E-state index in [9.17, 15) is 0 Å². The van der Waals surface area contributed by atoms with Crippen LogP contribution in [0.4, 0.5) is 5.69 Å².